The van der Waals surface area contributed by atoms with Crippen molar-refractivity contribution in [1.82, 2.24) is 14.6 Å². The first-order valence-electron chi connectivity index (χ1n) is 10.3. The zero-order valence-electron chi connectivity index (χ0n) is 17.4. The lowest BCUT2D eigenvalue weighted by atomic mass is 10.0. The summed E-state index contributed by atoms with van der Waals surface area (Å²) in [6, 6.07) is 4.80. The van der Waals surface area contributed by atoms with Gasteiger partial charge in [-0.05, 0) is 33.1 Å². The van der Waals surface area contributed by atoms with Crippen LogP contribution in [-0.4, -0.2) is 27.7 Å². The number of alkyl halides is 2. The van der Waals surface area contributed by atoms with Crippen molar-refractivity contribution in [2.24, 2.45) is 0 Å². The minimum atomic E-state index is -2.90. The SMILES string of the molecule is Cc1nc(N[C@H](C)c2cccc(C(F)F)c2F)c2cn(N3CCCCC3)c(=O)cc2n1. The molecule has 4 rings (SSSR count). The van der Waals surface area contributed by atoms with Gasteiger partial charge in [-0.1, -0.05) is 18.2 Å². The van der Waals surface area contributed by atoms with E-state index in [1.165, 1.54) is 18.2 Å². The molecule has 0 amide bonds. The molecule has 0 spiro atoms. The Morgan fingerprint density at radius 2 is 1.81 bits per heavy atom. The molecule has 0 bridgehead atoms. The normalized spacial score (nSPS) is 15.5. The van der Waals surface area contributed by atoms with Gasteiger partial charge < -0.3 is 10.3 Å². The molecule has 1 aliphatic rings. The number of hydrogen-bond donors (Lipinski definition) is 1. The van der Waals surface area contributed by atoms with E-state index in [1.807, 2.05) is 5.01 Å². The number of hydrogen-bond acceptors (Lipinski definition) is 5. The first-order valence-corrected chi connectivity index (χ1v) is 10.3. The monoisotopic (exact) mass is 431 g/mol. The minimum absolute atomic E-state index is 0.117. The lowest BCUT2D eigenvalue weighted by Gasteiger charge is -2.30. The van der Waals surface area contributed by atoms with Gasteiger partial charge >= 0.3 is 0 Å². The van der Waals surface area contributed by atoms with Crippen molar-refractivity contribution in [1.29, 1.82) is 0 Å². The maximum atomic E-state index is 14.6. The fraction of sp³-hybridized carbons (Fsp3) is 0.409. The lowest BCUT2D eigenvalue weighted by Crippen LogP contribution is -2.44. The third kappa shape index (κ3) is 4.22. The summed E-state index contributed by atoms with van der Waals surface area (Å²) in [5, 5.41) is 5.72. The maximum absolute atomic E-state index is 14.6. The summed E-state index contributed by atoms with van der Waals surface area (Å²) in [7, 11) is 0. The molecule has 31 heavy (non-hydrogen) atoms. The number of piperidine rings is 1. The van der Waals surface area contributed by atoms with Gasteiger partial charge in [0.25, 0.3) is 12.0 Å². The molecule has 1 atom stereocenters. The highest BCUT2D eigenvalue weighted by atomic mass is 19.3. The van der Waals surface area contributed by atoms with E-state index in [2.05, 4.69) is 15.3 Å². The number of aromatic nitrogens is 3. The third-order valence-electron chi connectivity index (χ3n) is 5.57. The Balaban J connectivity index is 1.75. The minimum Gasteiger partial charge on any atom is -0.363 e. The van der Waals surface area contributed by atoms with E-state index in [1.54, 1.807) is 24.7 Å². The van der Waals surface area contributed by atoms with Gasteiger partial charge in [0, 0.05) is 30.9 Å². The molecule has 0 unspecified atom stereocenters. The number of nitrogens with zero attached hydrogens (tertiary/aromatic N) is 4. The fourth-order valence-corrected chi connectivity index (χ4v) is 3.99. The number of fused-ring (bicyclic) bond motifs is 1. The molecule has 6 nitrogen and oxygen atoms in total. The second-order valence-corrected chi connectivity index (χ2v) is 7.81. The predicted molar refractivity (Wildman–Crippen MR) is 114 cm³/mol. The molecule has 0 aliphatic carbocycles. The van der Waals surface area contributed by atoms with Gasteiger partial charge in [-0.2, -0.15) is 0 Å². The Morgan fingerprint density at radius 1 is 1.10 bits per heavy atom. The van der Waals surface area contributed by atoms with Crippen molar-refractivity contribution < 1.29 is 13.2 Å². The second-order valence-electron chi connectivity index (χ2n) is 7.81. The molecule has 2 aromatic heterocycles. The Hall–Kier alpha value is -3.10. The zero-order valence-corrected chi connectivity index (χ0v) is 17.4. The van der Waals surface area contributed by atoms with Gasteiger partial charge in [-0.15, -0.1) is 0 Å². The van der Waals surface area contributed by atoms with E-state index in [4.69, 9.17) is 0 Å². The number of aryl methyl sites for hydroxylation is 1. The van der Waals surface area contributed by atoms with E-state index >= 15 is 0 Å². The zero-order chi connectivity index (χ0) is 22.1. The van der Waals surface area contributed by atoms with Crippen molar-refractivity contribution in [3.63, 3.8) is 0 Å². The largest absolute Gasteiger partial charge is 0.363 e. The molecule has 1 fully saturated rings. The molecule has 164 valence electrons. The maximum Gasteiger partial charge on any atom is 0.271 e. The van der Waals surface area contributed by atoms with Crippen LogP contribution in [0.15, 0.2) is 35.3 Å². The average Bonchev–Trinajstić information content (AvgIpc) is 2.73. The van der Waals surface area contributed by atoms with Crippen LogP contribution >= 0.6 is 0 Å². The van der Waals surface area contributed by atoms with Gasteiger partial charge in [0.2, 0.25) is 0 Å². The molecule has 0 radical (unpaired) electrons. The summed E-state index contributed by atoms with van der Waals surface area (Å²) in [6.45, 7) is 4.94. The average molecular weight is 431 g/mol. The van der Waals surface area contributed by atoms with Crippen molar-refractivity contribution in [3.8, 4) is 0 Å². The van der Waals surface area contributed by atoms with Gasteiger partial charge in [-0.25, -0.2) is 27.8 Å². The molecule has 1 aromatic carbocycles. The van der Waals surface area contributed by atoms with Crippen LogP contribution in [0, 0.1) is 12.7 Å². The number of pyridine rings is 1. The van der Waals surface area contributed by atoms with Crippen LogP contribution in [0.4, 0.5) is 19.0 Å². The summed E-state index contributed by atoms with van der Waals surface area (Å²) >= 11 is 0. The van der Waals surface area contributed by atoms with Crippen LogP contribution in [0.25, 0.3) is 10.9 Å². The molecule has 1 saturated heterocycles. The van der Waals surface area contributed by atoms with Crippen molar-refractivity contribution >= 4 is 16.7 Å². The van der Waals surface area contributed by atoms with E-state index in [9.17, 15) is 18.0 Å². The number of rotatable bonds is 5. The molecule has 1 N–H and O–H groups in total. The first-order chi connectivity index (χ1) is 14.8. The number of nitrogens with one attached hydrogen (secondary N) is 1. The Kier molecular flexibility index (Phi) is 5.84. The molecule has 3 heterocycles. The van der Waals surface area contributed by atoms with Crippen LogP contribution in [0.1, 0.15) is 55.6 Å². The summed E-state index contributed by atoms with van der Waals surface area (Å²) in [6.07, 6.45) is 1.96. The first kappa shape index (κ1) is 21.1. The van der Waals surface area contributed by atoms with Crippen LogP contribution in [0.3, 0.4) is 0 Å². The molecule has 0 saturated carbocycles. The predicted octanol–water partition coefficient (Wildman–Crippen LogP) is 4.47. The highest BCUT2D eigenvalue weighted by Crippen LogP contribution is 2.30. The lowest BCUT2D eigenvalue weighted by molar-refractivity contribution is 0.146. The van der Waals surface area contributed by atoms with Crippen LogP contribution in [0.2, 0.25) is 0 Å². The van der Waals surface area contributed by atoms with Crippen molar-refractivity contribution in [2.45, 2.75) is 45.6 Å². The third-order valence-corrected chi connectivity index (χ3v) is 5.57. The number of halogens is 3. The summed E-state index contributed by atoms with van der Waals surface area (Å²) in [5.74, 6) is -0.0699. The molecular formula is C22H24F3N5O. The second kappa shape index (κ2) is 8.56. The molecule has 3 aromatic rings. The Morgan fingerprint density at radius 3 is 2.52 bits per heavy atom. The van der Waals surface area contributed by atoms with Crippen molar-refractivity contribution in [2.75, 3.05) is 23.4 Å². The number of anilines is 1. The standard InChI is InChI=1S/C22H24F3N5O/c1-13(15-7-6-8-16(20(15)23)21(24)25)26-22-17-12-30(29-9-4-3-5-10-29)19(31)11-18(17)27-14(2)28-22/h6-8,11-13,21H,3-5,9-10H2,1-2H3,(H,26,27,28)/t13-/m1/s1. The van der Waals surface area contributed by atoms with E-state index < -0.39 is 23.8 Å². The van der Waals surface area contributed by atoms with Gasteiger partial charge in [0.1, 0.15) is 17.5 Å². The fourth-order valence-electron chi connectivity index (χ4n) is 3.99. The van der Waals surface area contributed by atoms with Crippen molar-refractivity contribution in [3.05, 3.63) is 63.6 Å². The topological polar surface area (TPSA) is 63.1 Å². The van der Waals surface area contributed by atoms with Crippen LogP contribution < -0.4 is 15.9 Å². The highest BCUT2D eigenvalue weighted by molar-refractivity contribution is 5.88. The van der Waals surface area contributed by atoms with E-state index in [-0.39, 0.29) is 11.1 Å². The van der Waals surface area contributed by atoms with E-state index in [0.717, 1.165) is 38.4 Å². The Bertz CT molecular complexity index is 1160. The van der Waals surface area contributed by atoms with Gasteiger partial charge in [0.15, 0.2) is 0 Å². The summed E-state index contributed by atoms with van der Waals surface area (Å²) < 4.78 is 42.4. The molecular weight excluding hydrogens is 407 g/mol. The Labute approximate surface area is 177 Å². The van der Waals surface area contributed by atoms with E-state index in [0.29, 0.717) is 22.5 Å². The summed E-state index contributed by atoms with van der Waals surface area (Å²) in [5.41, 5.74) is -0.218. The van der Waals surface area contributed by atoms with Gasteiger partial charge in [0.05, 0.1) is 22.5 Å². The summed E-state index contributed by atoms with van der Waals surface area (Å²) in [4.78, 5) is 21.5. The molecule has 1 aliphatic heterocycles. The highest BCUT2D eigenvalue weighted by Gasteiger charge is 2.21. The van der Waals surface area contributed by atoms with Gasteiger partial charge in [-0.3, -0.25) is 4.79 Å². The smallest absolute Gasteiger partial charge is 0.271 e. The van der Waals surface area contributed by atoms with Crippen LogP contribution in [-0.2, 0) is 0 Å². The quantitative estimate of drug-likeness (QED) is 0.646. The van der Waals surface area contributed by atoms with Crippen LogP contribution in [0.5, 0.6) is 0 Å². The molecule has 9 heteroatoms. The number of benzene rings is 1.